The molecule has 1 unspecified atom stereocenters. The lowest BCUT2D eigenvalue weighted by Gasteiger charge is -2.27. The second-order valence-electron chi connectivity index (χ2n) is 8.47. The van der Waals surface area contributed by atoms with Crippen LogP contribution in [0.3, 0.4) is 0 Å². The molecule has 1 aliphatic heterocycles. The molecule has 1 N–H and O–H groups in total. The summed E-state index contributed by atoms with van der Waals surface area (Å²) in [7, 11) is 7.18. The Bertz CT molecular complexity index is 1380. The fourth-order valence-electron chi connectivity index (χ4n) is 4.56. The van der Waals surface area contributed by atoms with Gasteiger partial charge in [0.15, 0.2) is 0 Å². The predicted octanol–water partition coefficient (Wildman–Crippen LogP) is 4.98. The van der Waals surface area contributed by atoms with Gasteiger partial charge in [-0.2, -0.15) is 0 Å². The number of carbonyl (C=O) groups is 2. The molecule has 7 nitrogen and oxygen atoms in total. The Balaban J connectivity index is 0.000000245. The summed E-state index contributed by atoms with van der Waals surface area (Å²) in [5.74, 6) is 1.85. The molecule has 4 aromatic rings. The molecule has 1 atom stereocenters. The van der Waals surface area contributed by atoms with E-state index < -0.39 is 6.04 Å². The van der Waals surface area contributed by atoms with Gasteiger partial charge in [0.25, 0.3) is 0 Å². The number of rotatable bonds is 6. The maximum Gasteiger partial charge on any atom is 0.238 e. The molecule has 2 heterocycles. The number of para-hydroxylation sites is 2. The van der Waals surface area contributed by atoms with E-state index in [0.717, 1.165) is 40.1 Å². The van der Waals surface area contributed by atoms with Crippen LogP contribution in [0.2, 0.25) is 0 Å². The number of carbonyl (C=O) groups excluding carboxylic acids is 2. The highest BCUT2D eigenvalue weighted by Crippen LogP contribution is 2.42. The number of hydrogen-bond acceptors (Lipinski definition) is 6. The molecule has 8 heteroatoms. The van der Waals surface area contributed by atoms with Crippen molar-refractivity contribution in [3.8, 4) is 11.5 Å². The topological polar surface area (TPSA) is 72.8 Å². The first-order valence-electron chi connectivity index (χ1n) is 11.9. The van der Waals surface area contributed by atoms with Crippen LogP contribution in [0.1, 0.15) is 17.2 Å². The number of benzene rings is 3. The third-order valence-electron chi connectivity index (χ3n) is 6.30. The van der Waals surface area contributed by atoms with Crippen LogP contribution in [-0.4, -0.2) is 43.8 Å². The van der Waals surface area contributed by atoms with Gasteiger partial charge in [0, 0.05) is 41.3 Å². The van der Waals surface area contributed by atoms with Crippen molar-refractivity contribution >= 4 is 40.5 Å². The van der Waals surface area contributed by atoms with Gasteiger partial charge in [-0.3, -0.25) is 9.69 Å². The normalized spacial score (nSPS) is 14.9. The lowest BCUT2D eigenvalue weighted by atomic mass is 10.0. The van der Waals surface area contributed by atoms with Crippen molar-refractivity contribution in [1.29, 1.82) is 0 Å². The molecule has 0 bridgehead atoms. The molecule has 3 aromatic carbocycles. The molecule has 0 radical (unpaired) electrons. The van der Waals surface area contributed by atoms with Crippen LogP contribution in [-0.2, 0) is 23.2 Å². The molecule has 192 valence electrons. The summed E-state index contributed by atoms with van der Waals surface area (Å²) in [6.07, 6.45) is 0.860. The molecule has 1 amide bonds. The number of aryl methyl sites for hydroxylation is 1. The van der Waals surface area contributed by atoms with Crippen molar-refractivity contribution < 1.29 is 19.1 Å². The van der Waals surface area contributed by atoms with E-state index in [1.165, 1.54) is 17.3 Å². The summed E-state index contributed by atoms with van der Waals surface area (Å²) in [6, 6.07) is 22.5. The molecular weight excluding hydrogens is 486 g/mol. The number of thioether (sulfide) groups is 1. The summed E-state index contributed by atoms with van der Waals surface area (Å²) in [4.78, 5) is 26.6. The van der Waals surface area contributed by atoms with Crippen molar-refractivity contribution in [3.05, 3.63) is 83.9 Å². The van der Waals surface area contributed by atoms with Gasteiger partial charge in [-0.1, -0.05) is 48.2 Å². The fraction of sp³-hybridized carbons (Fsp3) is 0.241. The average molecular weight is 518 g/mol. The van der Waals surface area contributed by atoms with Crippen molar-refractivity contribution in [1.82, 2.24) is 9.88 Å². The summed E-state index contributed by atoms with van der Waals surface area (Å²) < 4.78 is 12.4. The van der Waals surface area contributed by atoms with Gasteiger partial charge < -0.3 is 24.2 Å². The Kier molecular flexibility index (Phi) is 8.53. The molecular formula is C29H31N3O4S. The molecule has 1 aliphatic rings. The summed E-state index contributed by atoms with van der Waals surface area (Å²) >= 11 is 1.48. The Morgan fingerprint density at radius 3 is 2.38 bits per heavy atom. The minimum Gasteiger partial charge on any atom is -0.497 e. The zero-order valence-corrected chi connectivity index (χ0v) is 22.2. The van der Waals surface area contributed by atoms with Crippen LogP contribution in [0, 0.1) is 0 Å². The first-order chi connectivity index (χ1) is 18.0. The van der Waals surface area contributed by atoms with Crippen molar-refractivity contribution in [3.63, 3.8) is 0 Å². The first-order valence-corrected chi connectivity index (χ1v) is 12.9. The van der Waals surface area contributed by atoms with E-state index in [0.29, 0.717) is 11.4 Å². The summed E-state index contributed by atoms with van der Waals surface area (Å²) in [6.45, 7) is 0.851. The highest BCUT2D eigenvalue weighted by Gasteiger charge is 2.35. The summed E-state index contributed by atoms with van der Waals surface area (Å²) in [5.41, 5.74) is 3.83. The number of methoxy groups -OCH3 is 2. The lowest BCUT2D eigenvalue weighted by molar-refractivity contribution is -0.119. The second-order valence-corrected chi connectivity index (χ2v) is 9.43. The Morgan fingerprint density at radius 2 is 1.70 bits per heavy atom. The molecule has 0 fully saturated rings. The molecule has 5 rings (SSSR count). The van der Waals surface area contributed by atoms with Crippen molar-refractivity contribution in [2.24, 2.45) is 7.05 Å². The number of aromatic nitrogens is 1. The lowest BCUT2D eigenvalue weighted by Crippen LogP contribution is -2.35. The molecule has 37 heavy (non-hydrogen) atoms. The number of aldehydes is 1. The van der Waals surface area contributed by atoms with Gasteiger partial charge in [-0.15, -0.1) is 0 Å². The van der Waals surface area contributed by atoms with Gasteiger partial charge in [0.05, 0.1) is 25.0 Å². The van der Waals surface area contributed by atoms with E-state index in [2.05, 4.69) is 16.0 Å². The molecule has 1 aromatic heterocycles. The Morgan fingerprint density at radius 1 is 1.00 bits per heavy atom. The number of fused-ring (bicyclic) bond motifs is 3. The minimum atomic E-state index is -0.660. The van der Waals surface area contributed by atoms with Crippen LogP contribution in [0.25, 0.3) is 10.9 Å². The van der Waals surface area contributed by atoms with Gasteiger partial charge >= 0.3 is 0 Å². The van der Waals surface area contributed by atoms with Crippen LogP contribution < -0.4 is 19.7 Å². The number of amides is 1. The van der Waals surface area contributed by atoms with Crippen molar-refractivity contribution in [2.45, 2.75) is 17.6 Å². The third-order valence-corrected chi connectivity index (χ3v) is 7.46. The zero-order chi connectivity index (χ0) is 26.4. The largest absolute Gasteiger partial charge is 0.497 e. The standard InChI is InChI=1S/C20H18N2O3S.C9H13NO/c1-21-16-6-4-3-5-15(16)19-17(11-23)22(18(24)12-26-20(19)21)13-7-9-14(25-2)10-8-13;1-10-7-8-5-3-4-6-9(8)11-2/h3-11,17H,12H2,1-2H3;3-6,10H,7H2,1-2H3. The molecule has 0 saturated carbocycles. The zero-order valence-electron chi connectivity index (χ0n) is 21.4. The van der Waals surface area contributed by atoms with Crippen LogP contribution in [0.4, 0.5) is 5.69 Å². The first kappa shape index (κ1) is 26.3. The van der Waals surface area contributed by atoms with Gasteiger partial charge in [-0.05, 0) is 43.4 Å². The van der Waals surface area contributed by atoms with Gasteiger partial charge in [0.1, 0.15) is 23.8 Å². The van der Waals surface area contributed by atoms with Crippen LogP contribution >= 0.6 is 11.8 Å². The third kappa shape index (κ3) is 5.35. The number of anilines is 1. The second kappa shape index (κ2) is 12.0. The summed E-state index contributed by atoms with van der Waals surface area (Å²) in [5, 5.41) is 5.05. The minimum absolute atomic E-state index is 0.0856. The quantitative estimate of drug-likeness (QED) is 0.364. The number of ether oxygens (including phenoxy) is 2. The highest BCUT2D eigenvalue weighted by atomic mass is 32.2. The van der Waals surface area contributed by atoms with E-state index >= 15 is 0 Å². The van der Waals surface area contributed by atoms with E-state index in [1.54, 1.807) is 31.3 Å². The molecule has 0 saturated heterocycles. The predicted molar refractivity (Wildman–Crippen MR) is 149 cm³/mol. The van der Waals surface area contributed by atoms with E-state index in [1.807, 2.05) is 68.7 Å². The monoisotopic (exact) mass is 517 g/mol. The number of hydrogen-bond donors (Lipinski definition) is 1. The van der Waals surface area contributed by atoms with E-state index in [-0.39, 0.29) is 11.7 Å². The Labute approximate surface area is 221 Å². The smallest absolute Gasteiger partial charge is 0.238 e. The molecule has 0 spiro atoms. The Hall–Kier alpha value is -3.75. The maximum atomic E-state index is 12.9. The van der Waals surface area contributed by atoms with Gasteiger partial charge in [0.2, 0.25) is 5.91 Å². The van der Waals surface area contributed by atoms with E-state index in [9.17, 15) is 9.59 Å². The number of nitrogens with one attached hydrogen (secondary N) is 1. The van der Waals surface area contributed by atoms with Gasteiger partial charge in [-0.25, -0.2) is 0 Å². The van der Waals surface area contributed by atoms with Crippen LogP contribution in [0.5, 0.6) is 11.5 Å². The average Bonchev–Trinajstić information content (AvgIpc) is 3.12. The van der Waals surface area contributed by atoms with Crippen LogP contribution in [0.15, 0.2) is 77.8 Å². The number of nitrogens with zero attached hydrogens (tertiary/aromatic N) is 2. The molecule has 0 aliphatic carbocycles. The van der Waals surface area contributed by atoms with E-state index in [4.69, 9.17) is 9.47 Å². The SMILES string of the molecule is CNCc1ccccc1OC.COc1ccc(N2C(=O)CSc3c(c4ccccc4n3C)C2C=O)cc1. The maximum absolute atomic E-state index is 12.9. The fourth-order valence-corrected chi connectivity index (χ4v) is 5.64. The highest BCUT2D eigenvalue weighted by molar-refractivity contribution is 8.00. The van der Waals surface area contributed by atoms with Crippen molar-refractivity contribution in [2.75, 3.05) is 31.9 Å².